The van der Waals surface area contributed by atoms with E-state index in [1.807, 2.05) is 6.07 Å². The number of nitrogens with zero attached hydrogens (tertiary/aromatic N) is 1. The fourth-order valence-electron chi connectivity index (χ4n) is 3.45. The van der Waals surface area contributed by atoms with Crippen molar-refractivity contribution >= 4 is 10.0 Å². The van der Waals surface area contributed by atoms with E-state index in [1.165, 1.54) is 6.07 Å². The maximum Gasteiger partial charge on any atom is 0.211 e. The van der Waals surface area contributed by atoms with Crippen LogP contribution >= 0.6 is 0 Å². The standard InChI is InChI=1S/C17H25FN2O3S/c1-2-24(21,22)19-9-15-6-7-17(23-11-15)12-20(13-17)10-14-4-3-5-16(18)8-14/h3-5,8,15,19H,2,6-7,9-13H2,1H3/t15-/m0/s1. The van der Waals surface area contributed by atoms with Gasteiger partial charge in [-0.3, -0.25) is 4.90 Å². The van der Waals surface area contributed by atoms with Crippen LogP contribution in [0.5, 0.6) is 0 Å². The van der Waals surface area contributed by atoms with E-state index in [4.69, 9.17) is 4.74 Å². The molecule has 1 spiro atoms. The van der Waals surface area contributed by atoms with Crippen molar-refractivity contribution in [2.45, 2.75) is 31.9 Å². The summed E-state index contributed by atoms with van der Waals surface area (Å²) in [6.07, 6.45) is 1.92. The Morgan fingerprint density at radius 3 is 2.83 bits per heavy atom. The zero-order valence-electron chi connectivity index (χ0n) is 14.0. The van der Waals surface area contributed by atoms with Crippen LogP contribution < -0.4 is 4.72 Å². The molecule has 0 saturated carbocycles. The van der Waals surface area contributed by atoms with Crippen molar-refractivity contribution < 1.29 is 17.5 Å². The van der Waals surface area contributed by atoms with E-state index in [1.54, 1.807) is 19.1 Å². The summed E-state index contributed by atoms with van der Waals surface area (Å²) in [5.74, 6) is 0.155. The van der Waals surface area contributed by atoms with Crippen molar-refractivity contribution in [1.82, 2.24) is 9.62 Å². The van der Waals surface area contributed by atoms with Gasteiger partial charge in [-0.25, -0.2) is 17.5 Å². The van der Waals surface area contributed by atoms with Gasteiger partial charge < -0.3 is 4.74 Å². The first-order valence-electron chi connectivity index (χ1n) is 8.48. The summed E-state index contributed by atoms with van der Waals surface area (Å²) in [4.78, 5) is 2.26. The number of nitrogens with one attached hydrogen (secondary N) is 1. The molecular weight excluding hydrogens is 331 g/mol. The molecule has 24 heavy (non-hydrogen) atoms. The van der Waals surface area contributed by atoms with Gasteiger partial charge in [-0.1, -0.05) is 12.1 Å². The van der Waals surface area contributed by atoms with Crippen LogP contribution in [0.15, 0.2) is 24.3 Å². The maximum atomic E-state index is 13.2. The lowest BCUT2D eigenvalue weighted by Gasteiger charge is -2.53. The lowest BCUT2D eigenvalue weighted by Crippen LogP contribution is -2.64. The molecule has 0 aliphatic carbocycles. The molecule has 3 rings (SSSR count). The number of hydrogen-bond acceptors (Lipinski definition) is 4. The fraction of sp³-hybridized carbons (Fsp3) is 0.647. The van der Waals surface area contributed by atoms with Crippen molar-refractivity contribution in [1.29, 1.82) is 0 Å². The van der Waals surface area contributed by atoms with Crippen LogP contribution in [-0.2, 0) is 21.3 Å². The summed E-state index contributed by atoms with van der Waals surface area (Å²) in [6, 6.07) is 6.70. The number of halogens is 1. The topological polar surface area (TPSA) is 58.6 Å². The monoisotopic (exact) mass is 356 g/mol. The van der Waals surface area contributed by atoms with Crippen molar-refractivity contribution in [2.24, 2.45) is 5.92 Å². The summed E-state index contributed by atoms with van der Waals surface area (Å²) < 4.78 is 44.9. The summed E-state index contributed by atoms with van der Waals surface area (Å²) in [5, 5.41) is 0. The van der Waals surface area contributed by atoms with Crippen LogP contribution in [0.25, 0.3) is 0 Å². The predicted molar refractivity (Wildman–Crippen MR) is 90.5 cm³/mol. The minimum absolute atomic E-state index is 0.0898. The zero-order chi connectivity index (χ0) is 17.2. The SMILES string of the molecule is CCS(=O)(=O)NC[C@@H]1CCC2(CN(Cc3cccc(F)c3)C2)OC1. The highest BCUT2D eigenvalue weighted by Crippen LogP contribution is 2.36. The highest BCUT2D eigenvalue weighted by atomic mass is 32.2. The molecule has 1 aromatic carbocycles. The van der Waals surface area contributed by atoms with Crippen molar-refractivity contribution in [3.63, 3.8) is 0 Å². The van der Waals surface area contributed by atoms with E-state index in [0.29, 0.717) is 13.2 Å². The van der Waals surface area contributed by atoms with Gasteiger partial charge >= 0.3 is 0 Å². The summed E-state index contributed by atoms with van der Waals surface area (Å²) >= 11 is 0. The van der Waals surface area contributed by atoms with Crippen molar-refractivity contribution in [2.75, 3.05) is 32.0 Å². The van der Waals surface area contributed by atoms with E-state index in [-0.39, 0.29) is 23.1 Å². The third-order valence-corrected chi connectivity index (χ3v) is 6.29. The molecule has 0 bridgehead atoms. The first kappa shape index (κ1) is 17.8. The molecule has 134 valence electrons. The van der Waals surface area contributed by atoms with Gasteiger partial charge in [-0.05, 0) is 43.4 Å². The predicted octanol–water partition coefficient (Wildman–Crippen LogP) is 1.75. The molecule has 1 aromatic rings. The average Bonchev–Trinajstić information content (AvgIpc) is 2.53. The molecule has 1 N–H and O–H groups in total. The van der Waals surface area contributed by atoms with Crippen molar-refractivity contribution in [3.05, 3.63) is 35.6 Å². The van der Waals surface area contributed by atoms with Crippen LogP contribution in [0.3, 0.4) is 0 Å². The Bertz CT molecular complexity index is 664. The van der Waals surface area contributed by atoms with Gasteiger partial charge in [0, 0.05) is 26.2 Å². The molecule has 5 nitrogen and oxygen atoms in total. The van der Waals surface area contributed by atoms with Gasteiger partial charge in [0.15, 0.2) is 0 Å². The van der Waals surface area contributed by atoms with Crippen LogP contribution in [0.2, 0.25) is 0 Å². The molecule has 2 saturated heterocycles. The second-order valence-corrected chi connectivity index (χ2v) is 9.02. The quantitative estimate of drug-likeness (QED) is 0.844. The number of sulfonamides is 1. The third-order valence-electron chi connectivity index (χ3n) is 4.92. The van der Waals surface area contributed by atoms with Gasteiger partial charge in [-0.15, -0.1) is 0 Å². The highest BCUT2D eigenvalue weighted by Gasteiger charge is 2.46. The molecule has 1 atom stereocenters. The summed E-state index contributed by atoms with van der Waals surface area (Å²) in [5.41, 5.74) is 0.889. The largest absolute Gasteiger partial charge is 0.372 e. The molecule has 2 fully saturated rings. The lowest BCUT2D eigenvalue weighted by atomic mass is 9.83. The van der Waals surface area contributed by atoms with Gasteiger partial charge in [0.05, 0.1) is 18.0 Å². The molecule has 2 aliphatic rings. The van der Waals surface area contributed by atoms with Gasteiger partial charge in [0.1, 0.15) is 5.82 Å². The molecule has 2 heterocycles. The van der Waals surface area contributed by atoms with Gasteiger partial charge in [0.25, 0.3) is 0 Å². The molecule has 7 heteroatoms. The molecule has 0 amide bonds. The van der Waals surface area contributed by atoms with Crippen LogP contribution in [0.1, 0.15) is 25.3 Å². The number of likely N-dealkylation sites (tertiary alicyclic amines) is 1. The fourth-order valence-corrected chi connectivity index (χ4v) is 4.14. The minimum Gasteiger partial charge on any atom is -0.372 e. The van der Waals surface area contributed by atoms with Crippen LogP contribution in [0.4, 0.5) is 4.39 Å². The Labute approximate surface area is 143 Å². The highest BCUT2D eigenvalue weighted by molar-refractivity contribution is 7.89. The van der Waals surface area contributed by atoms with Gasteiger partial charge in [0.2, 0.25) is 10.0 Å². The normalized spacial score (nSPS) is 24.0. The number of hydrogen-bond donors (Lipinski definition) is 1. The molecular formula is C17H25FN2O3S. The average molecular weight is 356 g/mol. The van der Waals surface area contributed by atoms with E-state index in [2.05, 4.69) is 9.62 Å². The third kappa shape index (κ3) is 4.33. The first-order chi connectivity index (χ1) is 11.4. The second kappa shape index (κ2) is 7.07. The van der Waals surface area contributed by atoms with E-state index in [9.17, 15) is 12.8 Å². The van der Waals surface area contributed by atoms with E-state index < -0.39 is 10.0 Å². The van der Waals surface area contributed by atoms with E-state index in [0.717, 1.165) is 38.0 Å². The number of rotatable bonds is 6. The van der Waals surface area contributed by atoms with Gasteiger partial charge in [-0.2, -0.15) is 0 Å². The summed E-state index contributed by atoms with van der Waals surface area (Å²) in [7, 11) is -3.13. The first-order valence-corrected chi connectivity index (χ1v) is 10.1. The Balaban J connectivity index is 1.42. The Hall–Kier alpha value is -1.02. The maximum absolute atomic E-state index is 13.2. The number of ether oxygens (including phenoxy) is 1. The smallest absolute Gasteiger partial charge is 0.211 e. The minimum atomic E-state index is -3.13. The Kier molecular flexibility index (Phi) is 5.24. The lowest BCUT2D eigenvalue weighted by molar-refractivity contribution is -0.181. The zero-order valence-corrected chi connectivity index (χ0v) is 14.8. The summed E-state index contributed by atoms with van der Waals surface area (Å²) in [6.45, 7) is 5.14. The second-order valence-electron chi connectivity index (χ2n) is 6.93. The molecule has 0 aromatic heterocycles. The molecule has 0 radical (unpaired) electrons. The Morgan fingerprint density at radius 2 is 2.21 bits per heavy atom. The van der Waals surface area contributed by atoms with E-state index >= 15 is 0 Å². The molecule has 2 aliphatic heterocycles. The molecule has 0 unspecified atom stereocenters. The number of benzene rings is 1. The van der Waals surface area contributed by atoms with Crippen molar-refractivity contribution in [3.8, 4) is 0 Å². The van der Waals surface area contributed by atoms with Crippen LogP contribution in [0, 0.1) is 11.7 Å². The Morgan fingerprint density at radius 1 is 1.42 bits per heavy atom. The van der Waals surface area contributed by atoms with Crippen LogP contribution in [-0.4, -0.2) is 50.9 Å².